The maximum atomic E-state index is 12.6. The first-order valence-electron chi connectivity index (χ1n) is 10.4. The molecular formula is C19H28N6O4S. The van der Waals surface area contributed by atoms with Crippen molar-refractivity contribution in [2.75, 3.05) is 38.7 Å². The molecule has 1 fully saturated rings. The maximum Gasteiger partial charge on any atom is 0.214 e. The molecule has 0 saturated carbocycles. The van der Waals surface area contributed by atoms with Crippen molar-refractivity contribution in [2.45, 2.75) is 32.1 Å². The van der Waals surface area contributed by atoms with Gasteiger partial charge in [-0.25, -0.2) is 13.4 Å². The van der Waals surface area contributed by atoms with E-state index in [2.05, 4.69) is 27.1 Å². The second-order valence-corrected chi connectivity index (χ2v) is 9.74. The van der Waals surface area contributed by atoms with Crippen LogP contribution in [-0.2, 0) is 14.8 Å². The number of aromatic amines is 1. The molecule has 0 bridgehead atoms. The van der Waals surface area contributed by atoms with Crippen LogP contribution in [0.25, 0.3) is 16.8 Å². The Kier molecular flexibility index (Phi) is 6.32. The fraction of sp³-hybridized carbons (Fsp3) is 0.632. The van der Waals surface area contributed by atoms with Gasteiger partial charge in [0.15, 0.2) is 11.3 Å². The second kappa shape index (κ2) is 8.96. The summed E-state index contributed by atoms with van der Waals surface area (Å²) in [6, 6.07) is 1.91. The van der Waals surface area contributed by atoms with Crippen LogP contribution >= 0.6 is 0 Å². The minimum atomic E-state index is -3.28. The lowest BCUT2D eigenvalue weighted by Gasteiger charge is -2.27. The van der Waals surface area contributed by atoms with Crippen molar-refractivity contribution in [3.8, 4) is 0 Å². The lowest BCUT2D eigenvalue weighted by molar-refractivity contribution is 0.0730. The largest absolute Gasteiger partial charge is 0.396 e. The molecular weight excluding hydrogens is 408 g/mol. The van der Waals surface area contributed by atoms with E-state index in [-0.39, 0.29) is 24.2 Å². The summed E-state index contributed by atoms with van der Waals surface area (Å²) < 4.78 is 33.9. The molecule has 0 amide bonds. The number of nitrogens with zero attached hydrogens (tertiary/aromatic N) is 5. The lowest BCUT2D eigenvalue weighted by Crippen LogP contribution is -2.41. The highest BCUT2D eigenvalue weighted by Crippen LogP contribution is 2.31. The molecule has 30 heavy (non-hydrogen) atoms. The zero-order chi connectivity index (χ0) is 21.1. The minimum absolute atomic E-state index is 0.0796. The summed E-state index contributed by atoms with van der Waals surface area (Å²) >= 11 is 0. The van der Waals surface area contributed by atoms with E-state index in [4.69, 9.17) is 4.74 Å². The summed E-state index contributed by atoms with van der Waals surface area (Å²) in [4.78, 5) is 7.41. The van der Waals surface area contributed by atoms with E-state index in [0.29, 0.717) is 50.6 Å². The molecule has 1 saturated heterocycles. The van der Waals surface area contributed by atoms with Gasteiger partial charge in [-0.15, -0.1) is 10.2 Å². The van der Waals surface area contributed by atoms with Gasteiger partial charge in [-0.3, -0.25) is 4.40 Å². The third-order valence-electron chi connectivity index (χ3n) is 5.93. The van der Waals surface area contributed by atoms with Gasteiger partial charge in [0, 0.05) is 25.2 Å². The number of hydrogen-bond acceptors (Lipinski definition) is 7. The maximum absolute atomic E-state index is 12.6. The Morgan fingerprint density at radius 2 is 2.10 bits per heavy atom. The minimum Gasteiger partial charge on any atom is -0.396 e. The summed E-state index contributed by atoms with van der Waals surface area (Å²) in [6.07, 6.45) is 5.48. The van der Waals surface area contributed by atoms with Gasteiger partial charge < -0.3 is 14.8 Å². The van der Waals surface area contributed by atoms with E-state index in [1.165, 1.54) is 4.31 Å². The third-order valence-corrected chi connectivity index (χ3v) is 7.89. The average molecular weight is 437 g/mol. The third kappa shape index (κ3) is 4.07. The van der Waals surface area contributed by atoms with Gasteiger partial charge in [0.1, 0.15) is 5.82 Å². The first-order chi connectivity index (χ1) is 14.5. The van der Waals surface area contributed by atoms with Crippen molar-refractivity contribution in [1.82, 2.24) is 28.9 Å². The molecule has 0 aliphatic carbocycles. The van der Waals surface area contributed by atoms with Crippen LogP contribution in [0.1, 0.15) is 37.9 Å². The summed E-state index contributed by atoms with van der Waals surface area (Å²) in [6.45, 7) is 3.72. The van der Waals surface area contributed by atoms with E-state index < -0.39 is 10.0 Å². The number of nitrogens with one attached hydrogen (secondary N) is 1. The fourth-order valence-corrected chi connectivity index (χ4v) is 5.75. The van der Waals surface area contributed by atoms with Gasteiger partial charge in [-0.05, 0) is 24.8 Å². The Morgan fingerprint density at radius 3 is 2.83 bits per heavy atom. The SMILES string of the molecule is CC[C@H](CCCS(=O)(=O)N1CCOCC1)[C@H](CO)c1nnc2cnc3[nH]ccc3n12. The smallest absolute Gasteiger partial charge is 0.214 e. The van der Waals surface area contributed by atoms with Crippen molar-refractivity contribution in [3.05, 3.63) is 24.3 Å². The van der Waals surface area contributed by atoms with Crippen LogP contribution in [-0.4, -0.2) is 81.1 Å². The Morgan fingerprint density at radius 1 is 1.30 bits per heavy atom. The number of aliphatic hydroxyl groups is 1. The van der Waals surface area contributed by atoms with Gasteiger partial charge in [-0.2, -0.15) is 4.31 Å². The number of rotatable bonds is 9. The molecule has 164 valence electrons. The quantitative estimate of drug-likeness (QED) is 0.515. The van der Waals surface area contributed by atoms with Gasteiger partial charge in [0.25, 0.3) is 0 Å². The number of hydrogen-bond donors (Lipinski definition) is 2. The predicted octanol–water partition coefficient (Wildman–Crippen LogP) is 1.15. The number of sulfonamides is 1. The lowest BCUT2D eigenvalue weighted by atomic mass is 9.86. The van der Waals surface area contributed by atoms with Gasteiger partial charge >= 0.3 is 0 Å². The van der Waals surface area contributed by atoms with Crippen LogP contribution < -0.4 is 0 Å². The molecule has 4 heterocycles. The van der Waals surface area contributed by atoms with Crippen molar-refractivity contribution in [2.24, 2.45) is 5.92 Å². The number of ether oxygens (including phenoxy) is 1. The van der Waals surface area contributed by atoms with Crippen molar-refractivity contribution < 1.29 is 18.3 Å². The number of aliphatic hydroxyl groups excluding tert-OH is 1. The monoisotopic (exact) mass is 436 g/mol. The molecule has 2 N–H and O–H groups in total. The molecule has 3 aromatic heterocycles. The highest BCUT2D eigenvalue weighted by Gasteiger charge is 2.29. The first kappa shape index (κ1) is 21.2. The zero-order valence-corrected chi connectivity index (χ0v) is 17.9. The molecule has 3 aromatic rings. The molecule has 0 aromatic carbocycles. The Bertz CT molecular complexity index is 1090. The van der Waals surface area contributed by atoms with Crippen LogP contribution in [0.3, 0.4) is 0 Å². The fourth-order valence-electron chi connectivity index (χ4n) is 4.25. The number of H-pyrrole nitrogens is 1. The van der Waals surface area contributed by atoms with E-state index in [9.17, 15) is 13.5 Å². The molecule has 0 unspecified atom stereocenters. The standard InChI is InChI=1S/C19H28N6O4S/c1-2-14(4-3-11-30(27,28)24-7-9-29-10-8-24)15(13-26)19-23-22-17-12-21-18-16(25(17)19)5-6-20-18/h5-6,12,14-15,20,26H,2-4,7-11,13H2,1H3/t14-,15+/m1/s1. The van der Waals surface area contributed by atoms with Crippen LogP contribution in [0.4, 0.5) is 0 Å². The van der Waals surface area contributed by atoms with E-state index in [1.807, 2.05) is 16.7 Å². The molecule has 2 atom stereocenters. The average Bonchev–Trinajstić information content (AvgIpc) is 3.40. The summed E-state index contributed by atoms with van der Waals surface area (Å²) in [5.41, 5.74) is 2.21. The highest BCUT2D eigenvalue weighted by atomic mass is 32.2. The molecule has 1 aliphatic rings. The normalized spacial score (nSPS) is 18.2. The molecule has 1 aliphatic heterocycles. The topological polar surface area (TPSA) is 126 Å². The summed E-state index contributed by atoms with van der Waals surface area (Å²) in [5.74, 6) is 0.636. The molecule has 10 nitrogen and oxygen atoms in total. The van der Waals surface area contributed by atoms with Crippen LogP contribution in [0, 0.1) is 5.92 Å². The Balaban J connectivity index is 1.50. The van der Waals surface area contributed by atoms with E-state index in [0.717, 1.165) is 17.6 Å². The second-order valence-electron chi connectivity index (χ2n) is 7.65. The van der Waals surface area contributed by atoms with Crippen molar-refractivity contribution in [3.63, 3.8) is 0 Å². The summed E-state index contributed by atoms with van der Waals surface area (Å²) in [7, 11) is -3.28. The van der Waals surface area contributed by atoms with E-state index >= 15 is 0 Å². The van der Waals surface area contributed by atoms with Gasteiger partial charge in [0.2, 0.25) is 10.0 Å². The van der Waals surface area contributed by atoms with Crippen LogP contribution in [0.5, 0.6) is 0 Å². The molecule has 0 radical (unpaired) electrons. The van der Waals surface area contributed by atoms with Crippen molar-refractivity contribution >= 4 is 26.8 Å². The van der Waals surface area contributed by atoms with Gasteiger partial charge in [0.05, 0.1) is 37.3 Å². The first-order valence-corrected chi connectivity index (χ1v) is 12.0. The number of morpholine rings is 1. The van der Waals surface area contributed by atoms with E-state index in [1.54, 1.807) is 6.20 Å². The summed E-state index contributed by atoms with van der Waals surface area (Å²) in [5, 5.41) is 18.8. The Labute approximate surface area is 175 Å². The predicted molar refractivity (Wildman–Crippen MR) is 112 cm³/mol. The van der Waals surface area contributed by atoms with Gasteiger partial charge in [-0.1, -0.05) is 13.3 Å². The molecule has 4 rings (SSSR count). The zero-order valence-electron chi connectivity index (χ0n) is 17.1. The van der Waals surface area contributed by atoms with Crippen LogP contribution in [0.2, 0.25) is 0 Å². The number of fused-ring (bicyclic) bond motifs is 3. The number of aromatic nitrogens is 5. The molecule has 0 spiro atoms. The Hall–Kier alpha value is -2.08. The van der Waals surface area contributed by atoms with Crippen LogP contribution in [0.15, 0.2) is 18.5 Å². The molecule has 11 heteroatoms. The van der Waals surface area contributed by atoms with Crippen molar-refractivity contribution in [1.29, 1.82) is 0 Å². The highest BCUT2D eigenvalue weighted by molar-refractivity contribution is 7.89.